The van der Waals surface area contributed by atoms with Crippen molar-refractivity contribution in [2.24, 2.45) is 7.05 Å². The first-order chi connectivity index (χ1) is 9.54. The highest BCUT2D eigenvalue weighted by Gasteiger charge is 2.32. The van der Waals surface area contributed by atoms with Crippen LogP contribution in [0.25, 0.3) is 11.2 Å². The van der Waals surface area contributed by atoms with E-state index in [-0.39, 0.29) is 17.5 Å². The lowest BCUT2D eigenvalue weighted by Crippen LogP contribution is -2.20. The second kappa shape index (κ2) is 5.04. The van der Waals surface area contributed by atoms with Crippen LogP contribution in [0, 0.1) is 0 Å². The molecule has 3 atom stereocenters. The van der Waals surface area contributed by atoms with Crippen LogP contribution in [-0.2, 0) is 18.2 Å². The molecule has 1 fully saturated rings. The molecular formula is C14H21ClN4O. The van der Waals surface area contributed by atoms with E-state index in [1.54, 1.807) is 0 Å². The standard InChI is InChI=1S/C14H21ClN4O/c1-5-10-12-14(18(4)17-10)19(13(16-12)8(2)15)11-6-7-20-9(11)3/h8-9,11H,5-7H2,1-4H3. The Hall–Kier alpha value is -1.07. The summed E-state index contributed by atoms with van der Waals surface area (Å²) in [5, 5.41) is 4.45. The first kappa shape index (κ1) is 13.9. The number of nitrogens with zero attached hydrogens (tertiary/aromatic N) is 4. The van der Waals surface area contributed by atoms with Crippen molar-refractivity contribution in [1.82, 2.24) is 19.3 Å². The molecule has 1 aliphatic rings. The van der Waals surface area contributed by atoms with Crippen molar-refractivity contribution in [2.75, 3.05) is 6.61 Å². The molecule has 3 unspecified atom stereocenters. The fraction of sp³-hybridized carbons (Fsp3) is 0.714. The number of hydrogen-bond donors (Lipinski definition) is 0. The van der Waals surface area contributed by atoms with E-state index in [0.29, 0.717) is 0 Å². The minimum Gasteiger partial charge on any atom is -0.376 e. The zero-order valence-corrected chi connectivity index (χ0v) is 13.2. The summed E-state index contributed by atoms with van der Waals surface area (Å²) in [6, 6.07) is 0.288. The third-order valence-corrected chi connectivity index (χ3v) is 4.32. The van der Waals surface area contributed by atoms with Crippen molar-refractivity contribution < 1.29 is 4.74 Å². The predicted octanol–water partition coefficient (Wildman–Crippen LogP) is 2.98. The summed E-state index contributed by atoms with van der Waals surface area (Å²) in [7, 11) is 1.98. The minimum absolute atomic E-state index is 0.125. The van der Waals surface area contributed by atoms with Gasteiger partial charge in [0.15, 0.2) is 5.65 Å². The molecule has 6 heteroatoms. The molecule has 0 aromatic carbocycles. The zero-order chi connectivity index (χ0) is 14.4. The van der Waals surface area contributed by atoms with Gasteiger partial charge in [0, 0.05) is 13.7 Å². The highest BCUT2D eigenvalue weighted by molar-refractivity contribution is 6.20. The van der Waals surface area contributed by atoms with Crippen LogP contribution in [0.3, 0.4) is 0 Å². The fourth-order valence-corrected chi connectivity index (χ4v) is 3.28. The number of hydrogen-bond acceptors (Lipinski definition) is 3. The summed E-state index contributed by atoms with van der Waals surface area (Å²) in [6.45, 7) is 6.98. The van der Waals surface area contributed by atoms with E-state index in [9.17, 15) is 0 Å². The number of halogens is 1. The molecule has 0 radical (unpaired) electrons. The Morgan fingerprint density at radius 3 is 2.80 bits per heavy atom. The smallest absolute Gasteiger partial charge is 0.159 e. The second-order valence-electron chi connectivity index (χ2n) is 5.48. The van der Waals surface area contributed by atoms with Gasteiger partial charge in [-0.3, -0.25) is 4.68 Å². The van der Waals surface area contributed by atoms with Crippen molar-refractivity contribution in [3.63, 3.8) is 0 Å². The van der Waals surface area contributed by atoms with Gasteiger partial charge in [0.05, 0.1) is 23.2 Å². The maximum Gasteiger partial charge on any atom is 0.159 e. The van der Waals surface area contributed by atoms with Gasteiger partial charge >= 0.3 is 0 Å². The quantitative estimate of drug-likeness (QED) is 0.818. The van der Waals surface area contributed by atoms with E-state index in [1.165, 1.54) is 0 Å². The van der Waals surface area contributed by atoms with E-state index in [1.807, 2.05) is 18.7 Å². The van der Waals surface area contributed by atoms with E-state index < -0.39 is 0 Å². The Morgan fingerprint density at radius 2 is 2.25 bits per heavy atom. The maximum absolute atomic E-state index is 6.36. The van der Waals surface area contributed by atoms with Gasteiger partial charge < -0.3 is 9.30 Å². The molecule has 0 bridgehead atoms. The molecule has 20 heavy (non-hydrogen) atoms. The largest absolute Gasteiger partial charge is 0.376 e. The lowest BCUT2D eigenvalue weighted by Gasteiger charge is -2.20. The van der Waals surface area contributed by atoms with Gasteiger partial charge in [-0.2, -0.15) is 5.10 Å². The molecule has 110 valence electrons. The summed E-state index contributed by atoms with van der Waals surface area (Å²) in [5.41, 5.74) is 3.08. The molecule has 0 amide bonds. The predicted molar refractivity (Wildman–Crippen MR) is 79.2 cm³/mol. The summed E-state index contributed by atoms with van der Waals surface area (Å²) < 4.78 is 9.90. The van der Waals surface area contributed by atoms with Crippen LogP contribution in [0.4, 0.5) is 0 Å². The highest BCUT2D eigenvalue weighted by Crippen LogP contribution is 2.35. The van der Waals surface area contributed by atoms with E-state index >= 15 is 0 Å². The third-order valence-electron chi connectivity index (χ3n) is 4.12. The molecule has 5 nitrogen and oxygen atoms in total. The van der Waals surface area contributed by atoms with Crippen molar-refractivity contribution in [2.45, 2.75) is 51.1 Å². The van der Waals surface area contributed by atoms with Gasteiger partial charge in [-0.1, -0.05) is 6.92 Å². The third kappa shape index (κ3) is 1.95. The lowest BCUT2D eigenvalue weighted by atomic mass is 10.1. The number of imidazole rings is 1. The molecule has 0 spiro atoms. The van der Waals surface area contributed by atoms with Crippen LogP contribution in [0.15, 0.2) is 0 Å². The number of rotatable bonds is 3. The molecule has 0 N–H and O–H groups in total. The molecule has 0 aliphatic carbocycles. The SMILES string of the molecule is CCc1nn(C)c2c1nc(C(C)Cl)n2C1CCOC1C. The van der Waals surface area contributed by atoms with Crippen molar-refractivity contribution in [3.05, 3.63) is 11.5 Å². The molecule has 2 aromatic rings. The lowest BCUT2D eigenvalue weighted by molar-refractivity contribution is 0.107. The van der Waals surface area contributed by atoms with Crippen LogP contribution in [0.1, 0.15) is 50.1 Å². The van der Waals surface area contributed by atoms with Gasteiger partial charge in [0.2, 0.25) is 0 Å². The average molecular weight is 297 g/mol. The van der Waals surface area contributed by atoms with Gasteiger partial charge in [0.25, 0.3) is 0 Å². The second-order valence-corrected chi connectivity index (χ2v) is 6.14. The molecule has 3 heterocycles. The van der Waals surface area contributed by atoms with Crippen LogP contribution in [0.5, 0.6) is 0 Å². The Kier molecular flexibility index (Phi) is 3.50. The molecule has 1 saturated heterocycles. The minimum atomic E-state index is -0.125. The molecule has 3 rings (SSSR count). The zero-order valence-electron chi connectivity index (χ0n) is 12.4. The first-order valence-corrected chi connectivity index (χ1v) is 7.67. The first-order valence-electron chi connectivity index (χ1n) is 7.24. The number of fused-ring (bicyclic) bond motifs is 1. The topological polar surface area (TPSA) is 44.9 Å². The number of aromatic nitrogens is 4. The summed E-state index contributed by atoms with van der Waals surface area (Å²) in [6.07, 6.45) is 2.05. The number of aryl methyl sites for hydroxylation is 2. The monoisotopic (exact) mass is 296 g/mol. The summed E-state index contributed by atoms with van der Waals surface area (Å²) in [5.74, 6) is 0.923. The van der Waals surface area contributed by atoms with Gasteiger partial charge in [-0.15, -0.1) is 11.6 Å². The van der Waals surface area contributed by atoms with E-state index in [4.69, 9.17) is 21.3 Å². The summed E-state index contributed by atoms with van der Waals surface area (Å²) >= 11 is 6.36. The maximum atomic E-state index is 6.36. The number of ether oxygens (including phenoxy) is 1. The highest BCUT2D eigenvalue weighted by atomic mass is 35.5. The number of alkyl halides is 1. The van der Waals surface area contributed by atoms with Crippen molar-refractivity contribution in [1.29, 1.82) is 0 Å². The Bertz CT molecular complexity index is 631. The van der Waals surface area contributed by atoms with Crippen molar-refractivity contribution in [3.8, 4) is 0 Å². The average Bonchev–Trinajstić information content (AvgIpc) is 3.04. The Morgan fingerprint density at radius 1 is 1.50 bits per heavy atom. The fourth-order valence-electron chi connectivity index (χ4n) is 3.12. The molecule has 0 saturated carbocycles. The van der Waals surface area contributed by atoms with E-state index in [0.717, 1.165) is 42.1 Å². The van der Waals surface area contributed by atoms with Gasteiger partial charge in [-0.25, -0.2) is 4.98 Å². The van der Waals surface area contributed by atoms with Crippen LogP contribution < -0.4 is 0 Å². The van der Waals surface area contributed by atoms with Gasteiger partial charge in [-0.05, 0) is 26.7 Å². The molecule has 2 aromatic heterocycles. The van der Waals surface area contributed by atoms with Crippen molar-refractivity contribution >= 4 is 22.8 Å². The van der Waals surface area contributed by atoms with Crippen LogP contribution in [0.2, 0.25) is 0 Å². The molecule has 1 aliphatic heterocycles. The summed E-state index contributed by atoms with van der Waals surface area (Å²) in [4.78, 5) is 4.77. The van der Waals surface area contributed by atoms with Gasteiger partial charge in [0.1, 0.15) is 11.3 Å². The van der Waals surface area contributed by atoms with Crippen LogP contribution >= 0.6 is 11.6 Å². The van der Waals surface area contributed by atoms with E-state index in [2.05, 4.69) is 23.5 Å². The normalized spacial score (nSPS) is 24.6. The van der Waals surface area contributed by atoms with Crippen LogP contribution in [-0.4, -0.2) is 32.0 Å². The Balaban J connectivity index is 2.26. The Labute approximate surface area is 123 Å². The molecular weight excluding hydrogens is 276 g/mol.